The molecular weight excluding hydrogens is 355 g/mol. The van der Waals surface area contributed by atoms with Gasteiger partial charge in [0, 0.05) is 24.5 Å². The third kappa shape index (κ3) is 4.59. The topological polar surface area (TPSA) is 45.2 Å². The van der Waals surface area contributed by atoms with Gasteiger partial charge in [-0.05, 0) is 62.1 Å². The molecule has 1 aliphatic rings. The Morgan fingerprint density at radius 1 is 1.19 bits per heavy atom. The highest BCUT2D eigenvalue weighted by Gasteiger charge is 2.30. The molecule has 1 saturated heterocycles. The minimum Gasteiger partial charge on any atom is -0.354 e. The number of anilines is 2. The van der Waals surface area contributed by atoms with Crippen LogP contribution in [-0.4, -0.2) is 23.5 Å². The van der Waals surface area contributed by atoms with Crippen molar-refractivity contribution in [2.75, 3.05) is 16.8 Å². The summed E-state index contributed by atoms with van der Waals surface area (Å²) in [6.07, 6.45) is 1.67. The van der Waals surface area contributed by atoms with Gasteiger partial charge in [0.2, 0.25) is 0 Å². The highest BCUT2D eigenvalue weighted by molar-refractivity contribution is 6.04. The Labute approximate surface area is 156 Å². The van der Waals surface area contributed by atoms with Crippen molar-refractivity contribution in [3.63, 3.8) is 0 Å². The van der Waals surface area contributed by atoms with Crippen LogP contribution in [0.15, 0.2) is 42.6 Å². The van der Waals surface area contributed by atoms with Gasteiger partial charge >= 0.3 is 6.18 Å². The molecule has 1 aliphatic heterocycles. The van der Waals surface area contributed by atoms with Crippen LogP contribution >= 0.6 is 0 Å². The zero-order valence-corrected chi connectivity index (χ0v) is 15.1. The Morgan fingerprint density at radius 2 is 1.93 bits per heavy atom. The summed E-state index contributed by atoms with van der Waals surface area (Å²) in [5.41, 5.74) is -0.0820. The molecule has 0 aliphatic carbocycles. The first-order valence-electron chi connectivity index (χ1n) is 9.10. The molecule has 0 bridgehead atoms. The van der Waals surface area contributed by atoms with Crippen molar-refractivity contribution >= 4 is 17.4 Å². The fraction of sp³-hybridized carbons (Fsp3) is 0.400. The van der Waals surface area contributed by atoms with E-state index in [4.69, 9.17) is 0 Å². The van der Waals surface area contributed by atoms with Gasteiger partial charge < -0.3 is 10.2 Å². The van der Waals surface area contributed by atoms with Crippen molar-refractivity contribution in [1.82, 2.24) is 4.98 Å². The van der Waals surface area contributed by atoms with E-state index >= 15 is 0 Å². The maximum Gasteiger partial charge on any atom is 0.416 e. The Balaban J connectivity index is 1.67. The maximum absolute atomic E-state index is 12.6. The van der Waals surface area contributed by atoms with Gasteiger partial charge in [-0.3, -0.25) is 4.79 Å². The third-order valence-corrected chi connectivity index (χ3v) is 4.87. The van der Waals surface area contributed by atoms with E-state index in [0.717, 1.165) is 43.8 Å². The summed E-state index contributed by atoms with van der Waals surface area (Å²) in [6.45, 7) is 3.12. The van der Waals surface area contributed by atoms with Crippen molar-refractivity contribution < 1.29 is 18.0 Å². The molecule has 0 radical (unpaired) electrons. The number of hydrogen-bond donors (Lipinski definition) is 1. The molecule has 1 N–H and O–H groups in total. The largest absolute Gasteiger partial charge is 0.416 e. The Bertz CT molecular complexity index is 773. The maximum atomic E-state index is 12.6. The van der Waals surface area contributed by atoms with Crippen molar-refractivity contribution in [3.8, 4) is 0 Å². The smallest absolute Gasteiger partial charge is 0.354 e. The molecule has 2 heterocycles. The van der Waals surface area contributed by atoms with Gasteiger partial charge in [0.1, 0.15) is 5.82 Å². The molecule has 0 saturated carbocycles. The highest BCUT2D eigenvalue weighted by Crippen LogP contribution is 2.30. The average Bonchev–Trinajstić information content (AvgIpc) is 2.68. The van der Waals surface area contributed by atoms with Crippen LogP contribution in [0, 0.1) is 0 Å². The molecule has 1 aromatic carbocycles. The first-order chi connectivity index (χ1) is 12.9. The van der Waals surface area contributed by atoms with Crippen LogP contribution in [0.4, 0.5) is 24.7 Å². The van der Waals surface area contributed by atoms with E-state index in [2.05, 4.69) is 22.1 Å². The standard InChI is InChI=1S/C20H22F3N3O/c1-2-17-5-3-4-12-26(17)18-11-6-14(13-24-18)19(27)25-16-9-7-15(8-10-16)20(21,22)23/h6-11,13,17H,2-5,12H2,1H3,(H,25,27). The van der Waals surface area contributed by atoms with Gasteiger partial charge in [-0.15, -0.1) is 0 Å². The second-order valence-electron chi connectivity index (χ2n) is 6.69. The molecule has 7 heteroatoms. The van der Waals surface area contributed by atoms with Gasteiger partial charge in [-0.2, -0.15) is 13.2 Å². The van der Waals surface area contributed by atoms with E-state index in [1.165, 1.54) is 24.8 Å². The van der Waals surface area contributed by atoms with Crippen LogP contribution in [0.1, 0.15) is 48.5 Å². The predicted octanol–water partition coefficient (Wildman–Crippen LogP) is 5.12. The zero-order valence-electron chi connectivity index (χ0n) is 15.1. The van der Waals surface area contributed by atoms with Crippen LogP contribution in [0.25, 0.3) is 0 Å². The lowest BCUT2D eigenvalue weighted by atomic mass is 10.00. The lowest BCUT2D eigenvalue weighted by Crippen LogP contribution is -2.39. The number of benzene rings is 1. The zero-order chi connectivity index (χ0) is 19.4. The number of piperidine rings is 1. The number of carbonyl (C=O) groups excluding carboxylic acids is 1. The molecule has 2 aromatic rings. The fourth-order valence-corrected chi connectivity index (χ4v) is 3.36. The number of hydrogen-bond acceptors (Lipinski definition) is 3. The molecular formula is C20H22F3N3O. The number of nitrogens with zero attached hydrogens (tertiary/aromatic N) is 2. The summed E-state index contributed by atoms with van der Waals surface area (Å²) in [6, 6.07) is 8.36. The second kappa shape index (κ2) is 7.98. The molecule has 1 fully saturated rings. The molecule has 27 heavy (non-hydrogen) atoms. The lowest BCUT2D eigenvalue weighted by Gasteiger charge is -2.36. The van der Waals surface area contributed by atoms with Crippen LogP contribution < -0.4 is 10.2 Å². The molecule has 4 nitrogen and oxygen atoms in total. The number of rotatable bonds is 4. The number of pyridine rings is 1. The number of amides is 1. The number of nitrogens with one attached hydrogen (secondary N) is 1. The van der Waals surface area contributed by atoms with E-state index in [9.17, 15) is 18.0 Å². The van der Waals surface area contributed by atoms with Crippen LogP contribution in [0.2, 0.25) is 0 Å². The minimum atomic E-state index is -4.40. The minimum absolute atomic E-state index is 0.305. The first-order valence-corrected chi connectivity index (χ1v) is 9.10. The summed E-state index contributed by atoms with van der Waals surface area (Å²) in [5.74, 6) is 0.451. The molecule has 1 unspecified atom stereocenters. The Morgan fingerprint density at radius 3 is 2.52 bits per heavy atom. The summed E-state index contributed by atoms with van der Waals surface area (Å²) in [7, 11) is 0. The normalized spacial score (nSPS) is 17.6. The van der Waals surface area contributed by atoms with Gasteiger partial charge in [-0.25, -0.2) is 4.98 Å². The van der Waals surface area contributed by atoms with Gasteiger partial charge in [0.25, 0.3) is 5.91 Å². The Hall–Kier alpha value is -2.57. The van der Waals surface area contributed by atoms with Crippen molar-refractivity contribution in [1.29, 1.82) is 0 Å². The molecule has 1 atom stereocenters. The van der Waals surface area contributed by atoms with Crippen molar-refractivity contribution in [2.24, 2.45) is 0 Å². The SMILES string of the molecule is CCC1CCCCN1c1ccc(C(=O)Nc2ccc(C(F)(F)F)cc2)cn1. The fourth-order valence-electron chi connectivity index (χ4n) is 3.36. The van der Waals surface area contributed by atoms with Crippen molar-refractivity contribution in [2.45, 2.75) is 44.8 Å². The number of alkyl halides is 3. The van der Waals surface area contributed by atoms with Gasteiger partial charge in [-0.1, -0.05) is 6.92 Å². The van der Waals surface area contributed by atoms with E-state index in [-0.39, 0.29) is 0 Å². The number of aromatic nitrogens is 1. The molecule has 3 rings (SSSR count). The van der Waals surface area contributed by atoms with Crippen LogP contribution in [0.3, 0.4) is 0 Å². The van der Waals surface area contributed by atoms with E-state index in [1.807, 2.05) is 6.07 Å². The summed E-state index contributed by atoms with van der Waals surface area (Å²) >= 11 is 0. The highest BCUT2D eigenvalue weighted by atomic mass is 19.4. The second-order valence-corrected chi connectivity index (χ2v) is 6.69. The van der Waals surface area contributed by atoms with Gasteiger partial charge in [0.15, 0.2) is 0 Å². The van der Waals surface area contributed by atoms with Crippen LogP contribution in [0.5, 0.6) is 0 Å². The quantitative estimate of drug-likeness (QED) is 0.804. The molecule has 144 valence electrons. The van der Waals surface area contributed by atoms with E-state index < -0.39 is 17.6 Å². The lowest BCUT2D eigenvalue weighted by molar-refractivity contribution is -0.137. The average molecular weight is 377 g/mol. The monoisotopic (exact) mass is 377 g/mol. The van der Waals surface area contributed by atoms with E-state index in [1.54, 1.807) is 6.07 Å². The number of halogens is 3. The van der Waals surface area contributed by atoms with E-state index in [0.29, 0.717) is 17.3 Å². The summed E-state index contributed by atoms with van der Waals surface area (Å²) in [4.78, 5) is 19.0. The number of carbonyl (C=O) groups is 1. The summed E-state index contributed by atoms with van der Waals surface area (Å²) in [5, 5.41) is 2.60. The summed E-state index contributed by atoms with van der Waals surface area (Å²) < 4.78 is 37.8. The van der Waals surface area contributed by atoms with Crippen molar-refractivity contribution in [3.05, 3.63) is 53.7 Å². The molecule has 1 aromatic heterocycles. The van der Waals surface area contributed by atoms with Gasteiger partial charge in [0.05, 0.1) is 11.1 Å². The Kier molecular flexibility index (Phi) is 5.68. The third-order valence-electron chi connectivity index (χ3n) is 4.87. The molecule has 1 amide bonds. The molecule has 0 spiro atoms. The van der Waals surface area contributed by atoms with Crippen LogP contribution in [-0.2, 0) is 6.18 Å². The predicted molar refractivity (Wildman–Crippen MR) is 98.9 cm³/mol. The first kappa shape index (κ1) is 19.2.